The van der Waals surface area contributed by atoms with Gasteiger partial charge >= 0.3 is 0 Å². The van der Waals surface area contributed by atoms with Crippen LogP contribution in [0.25, 0.3) is 75.1 Å². The van der Waals surface area contributed by atoms with Crippen molar-refractivity contribution < 1.29 is 4.42 Å². The molecule has 2 aromatic heterocycles. The molecule has 0 bridgehead atoms. The zero-order valence-electron chi connectivity index (χ0n) is 26.5. The number of rotatable bonds is 5. The molecule has 0 unspecified atom stereocenters. The van der Waals surface area contributed by atoms with E-state index in [0.717, 1.165) is 39.0 Å². The van der Waals surface area contributed by atoms with Crippen molar-refractivity contribution in [2.24, 2.45) is 0 Å². The summed E-state index contributed by atoms with van der Waals surface area (Å²) in [5.41, 5.74) is 9.75. The van der Waals surface area contributed by atoms with Crippen molar-refractivity contribution in [3.05, 3.63) is 176 Å². The van der Waals surface area contributed by atoms with Crippen LogP contribution >= 0.6 is 11.3 Å². The molecule has 0 aliphatic heterocycles. The van der Waals surface area contributed by atoms with Gasteiger partial charge in [0.25, 0.3) is 0 Å². The van der Waals surface area contributed by atoms with Crippen LogP contribution in [0.15, 0.2) is 180 Å². The van der Waals surface area contributed by atoms with E-state index in [2.05, 4.69) is 169 Å². The quantitative estimate of drug-likeness (QED) is 0.186. The number of nitrogens with zero attached hydrogens (tertiary/aromatic N) is 1. The second-order valence-corrected chi connectivity index (χ2v) is 13.7. The Morgan fingerprint density at radius 2 is 1.02 bits per heavy atom. The van der Waals surface area contributed by atoms with E-state index in [0.29, 0.717) is 0 Å². The summed E-state index contributed by atoms with van der Waals surface area (Å²) in [6.07, 6.45) is 0. The molecule has 0 saturated carbocycles. The molecule has 2 heterocycles. The van der Waals surface area contributed by atoms with Crippen molar-refractivity contribution in [2.75, 3.05) is 4.90 Å². The van der Waals surface area contributed by atoms with Crippen molar-refractivity contribution in [1.82, 2.24) is 0 Å². The van der Waals surface area contributed by atoms with Crippen LogP contribution in [0.5, 0.6) is 0 Å². The number of hydrogen-bond donors (Lipinski definition) is 0. The van der Waals surface area contributed by atoms with Crippen molar-refractivity contribution >= 4 is 81.3 Å². The van der Waals surface area contributed by atoms with E-state index in [1.165, 1.54) is 53.2 Å². The van der Waals surface area contributed by atoms with Gasteiger partial charge in [-0.2, -0.15) is 0 Å². The first-order valence-corrected chi connectivity index (χ1v) is 17.4. The fourth-order valence-corrected chi connectivity index (χ4v) is 8.34. The molecule has 0 radical (unpaired) electrons. The highest BCUT2D eigenvalue weighted by molar-refractivity contribution is 7.25. The fraction of sp³-hybridized carbons (Fsp3) is 0. The van der Waals surface area contributed by atoms with Gasteiger partial charge in [0.05, 0.1) is 0 Å². The van der Waals surface area contributed by atoms with Gasteiger partial charge in [-0.25, -0.2) is 0 Å². The van der Waals surface area contributed by atoms with Gasteiger partial charge in [0.15, 0.2) is 0 Å². The second kappa shape index (κ2) is 11.2. The van der Waals surface area contributed by atoms with Crippen LogP contribution in [0.2, 0.25) is 0 Å². The number of para-hydroxylation sites is 1. The van der Waals surface area contributed by atoms with E-state index >= 15 is 0 Å². The molecule has 0 aliphatic rings. The highest BCUT2D eigenvalue weighted by atomic mass is 32.1. The second-order valence-electron chi connectivity index (χ2n) is 12.6. The minimum absolute atomic E-state index is 0.878. The SMILES string of the molecule is c1ccc(-c2cccc(N(c3ccc(-c4ccc5cc6sc7ccccc7c6cc5c4)cc3)c3ccc4c(c3)oc3ccccc34)c2)cc1. The number of fused-ring (bicyclic) bond motifs is 7. The third kappa shape index (κ3) is 4.78. The van der Waals surface area contributed by atoms with Crippen LogP contribution in [0.4, 0.5) is 17.1 Å². The highest BCUT2D eigenvalue weighted by Crippen LogP contribution is 2.41. The summed E-state index contributed by atoms with van der Waals surface area (Å²) >= 11 is 1.87. The summed E-state index contributed by atoms with van der Waals surface area (Å²) in [6.45, 7) is 0. The summed E-state index contributed by atoms with van der Waals surface area (Å²) in [6, 6.07) is 63.3. The lowest BCUT2D eigenvalue weighted by molar-refractivity contribution is 0.669. The van der Waals surface area contributed by atoms with Crippen LogP contribution in [0.3, 0.4) is 0 Å². The predicted octanol–water partition coefficient (Wildman–Crippen LogP) is 13.9. The first-order chi connectivity index (χ1) is 24.2. The normalized spacial score (nSPS) is 11.7. The molecular formula is C46H29NOS. The van der Waals surface area contributed by atoms with Gasteiger partial charge in [0.2, 0.25) is 0 Å². The van der Waals surface area contributed by atoms with Crippen molar-refractivity contribution in [2.45, 2.75) is 0 Å². The molecular weight excluding hydrogens is 615 g/mol. The number of thiophene rings is 1. The summed E-state index contributed by atoms with van der Waals surface area (Å²) in [5, 5.41) is 7.44. The molecule has 0 atom stereocenters. The van der Waals surface area contributed by atoms with Gasteiger partial charge in [-0.15, -0.1) is 11.3 Å². The Kier molecular flexibility index (Phi) is 6.39. The van der Waals surface area contributed by atoms with E-state index < -0.39 is 0 Å². The fourth-order valence-electron chi connectivity index (χ4n) is 7.21. The molecule has 3 heteroatoms. The number of hydrogen-bond acceptors (Lipinski definition) is 3. The van der Waals surface area contributed by atoms with Crippen molar-refractivity contribution in [3.8, 4) is 22.3 Å². The van der Waals surface area contributed by atoms with E-state index in [1.54, 1.807) is 0 Å². The lowest BCUT2D eigenvalue weighted by Gasteiger charge is -2.26. The Balaban J connectivity index is 1.08. The summed E-state index contributed by atoms with van der Waals surface area (Å²) in [5.74, 6) is 0. The van der Waals surface area contributed by atoms with Crippen LogP contribution < -0.4 is 4.90 Å². The molecule has 0 amide bonds. The predicted molar refractivity (Wildman–Crippen MR) is 210 cm³/mol. The minimum Gasteiger partial charge on any atom is -0.456 e. The first-order valence-electron chi connectivity index (χ1n) is 16.6. The number of benzene rings is 8. The zero-order valence-corrected chi connectivity index (χ0v) is 27.3. The van der Waals surface area contributed by atoms with E-state index in [9.17, 15) is 0 Å². The molecule has 10 rings (SSSR count). The molecule has 0 aliphatic carbocycles. The van der Waals surface area contributed by atoms with Crippen molar-refractivity contribution in [3.63, 3.8) is 0 Å². The lowest BCUT2D eigenvalue weighted by atomic mass is 9.99. The molecule has 8 aromatic carbocycles. The maximum Gasteiger partial charge on any atom is 0.137 e. The standard InChI is InChI=1S/C46H29NOS/c1-2-9-30(10-3-1)32-11-8-12-37(26-32)47(38-23-24-40-39-13-4-6-15-43(39)48-44(40)29-38)36-21-19-31(20-22-36)33-17-18-34-28-46-42(27-35(34)25-33)41-14-5-7-16-45(41)49-46/h1-29H. The number of furan rings is 1. The molecule has 0 N–H and O–H groups in total. The van der Waals surface area contributed by atoms with Gasteiger partial charge in [-0.1, -0.05) is 103 Å². The lowest BCUT2D eigenvalue weighted by Crippen LogP contribution is -2.10. The summed E-state index contributed by atoms with van der Waals surface area (Å²) < 4.78 is 9.01. The van der Waals surface area contributed by atoms with Crippen molar-refractivity contribution in [1.29, 1.82) is 0 Å². The average molecular weight is 644 g/mol. The molecule has 0 fully saturated rings. The van der Waals surface area contributed by atoms with Crippen LogP contribution in [0, 0.1) is 0 Å². The van der Waals surface area contributed by atoms with Crippen LogP contribution in [-0.4, -0.2) is 0 Å². The smallest absolute Gasteiger partial charge is 0.137 e. The van der Waals surface area contributed by atoms with Gasteiger partial charge < -0.3 is 9.32 Å². The molecule has 0 spiro atoms. The van der Waals surface area contributed by atoms with Gasteiger partial charge in [-0.05, 0) is 99.8 Å². The van der Waals surface area contributed by atoms with Gasteiger partial charge in [0, 0.05) is 54.1 Å². The van der Waals surface area contributed by atoms with E-state index in [4.69, 9.17) is 4.42 Å². The van der Waals surface area contributed by atoms with Crippen LogP contribution in [0.1, 0.15) is 0 Å². The highest BCUT2D eigenvalue weighted by Gasteiger charge is 2.17. The Morgan fingerprint density at radius 3 is 1.92 bits per heavy atom. The Hall–Kier alpha value is -6.16. The maximum atomic E-state index is 6.34. The van der Waals surface area contributed by atoms with E-state index in [1.807, 2.05) is 23.5 Å². The zero-order chi connectivity index (χ0) is 32.3. The first kappa shape index (κ1) is 27.9. The Bertz CT molecular complexity index is 2830. The summed E-state index contributed by atoms with van der Waals surface area (Å²) in [4.78, 5) is 2.32. The number of anilines is 3. The van der Waals surface area contributed by atoms with Crippen LogP contribution in [-0.2, 0) is 0 Å². The monoisotopic (exact) mass is 643 g/mol. The average Bonchev–Trinajstić information content (AvgIpc) is 3.72. The minimum atomic E-state index is 0.878. The third-order valence-corrected chi connectivity index (χ3v) is 10.8. The largest absolute Gasteiger partial charge is 0.456 e. The molecule has 2 nitrogen and oxygen atoms in total. The van der Waals surface area contributed by atoms with E-state index in [-0.39, 0.29) is 0 Å². The molecule has 230 valence electrons. The van der Waals surface area contributed by atoms with Gasteiger partial charge in [-0.3, -0.25) is 0 Å². The Labute approximate surface area is 287 Å². The molecule has 0 saturated heterocycles. The summed E-state index contributed by atoms with van der Waals surface area (Å²) in [7, 11) is 0. The topological polar surface area (TPSA) is 16.4 Å². The third-order valence-electron chi connectivity index (χ3n) is 9.63. The Morgan fingerprint density at radius 1 is 0.347 bits per heavy atom. The van der Waals surface area contributed by atoms with Gasteiger partial charge in [0.1, 0.15) is 11.2 Å². The molecule has 49 heavy (non-hydrogen) atoms. The maximum absolute atomic E-state index is 6.34. The molecule has 10 aromatic rings.